The first-order chi connectivity index (χ1) is 13.0. The molecule has 0 bridgehead atoms. The zero-order valence-corrected chi connectivity index (χ0v) is 16.3. The predicted molar refractivity (Wildman–Crippen MR) is 110 cm³/mol. The Labute approximate surface area is 162 Å². The van der Waals surface area contributed by atoms with Crippen LogP contribution in [0.15, 0.2) is 42.7 Å². The largest absolute Gasteiger partial charge is 0.497 e. The van der Waals surface area contributed by atoms with E-state index in [1.807, 2.05) is 36.5 Å². The van der Waals surface area contributed by atoms with Gasteiger partial charge in [0.1, 0.15) is 5.75 Å². The van der Waals surface area contributed by atoms with Gasteiger partial charge in [0, 0.05) is 29.1 Å². The van der Waals surface area contributed by atoms with Gasteiger partial charge in [0.2, 0.25) is 0 Å². The Morgan fingerprint density at radius 1 is 1.37 bits per heavy atom. The van der Waals surface area contributed by atoms with Crippen molar-refractivity contribution in [3.63, 3.8) is 0 Å². The Balaban J connectivity index is 2.11. The molecule has 1 N–H and O–H groups in total. The van der Waals surface area contributed by atoms with Crippen molar-refractivity contribution in [2.75, 3.05) is 7.11 Å². The van der Waals surface area contributed by atoms with Crippen molar-refractivity contribution >= 4 is 40.3 Å². The minimum absolute atomic E-state index is 0.0919. The van der Waals surface area contributed by atoms with Crippen LogP contribution < -0.4 is 15.3 Å². The molecule has 27 heavy (non-hydrogen) atoms. The monoisotopic (exact) mass is 382 g/mol. The maximum absolute atomic E-state index is 11.0. The lowest BCUT2D eigenvalue weighted by molar-refractivity contribution is -0.136. The standard InChI is InChI=1S/C21H22N2O3S/c1-4-19(21-14(2)6-5-11-22-21)27-23-13-15(7-10-20(24)25)17-12-16(26-3)8-9-18(17)23/h5-6,8-9,11-13H,2,4,7,10H2,1,3H3,(H,24,25)/b21-19-. The van der Waals surface area contributed by atoms with Gasteiger partial charge in [-0.3, -0.25) is 13.8 Å². The molecule has 1 aromatic carbocycles. The number of nitrogens with zero attached hydrogens (tertiary/aromatic N) is 2. The van der Waals surface area contributed by atoms with E-state index in [0.29, 0.717) is 6.42 Å². The molecule has 3 rings (SSSR count). The molecule has 5 nitrogen and oxygen atoms in total. The minimum atomic E-state index is -0.803. The van der Waals surface area contributed by atoms with Gasteiger partial charge in [-0.25, -0.2) is 0 Å². The molecular formula is C21H22N2O3S. The number of hydrogen-bond acceptors (Lipinski definition) is 4. The van der Waals surface area contributed by atoms with E-state index >= 15 is 0 Å². The Hall–Kier alpha value is -2.73. The molecule has 0 aliphatic rings. The summed E-state index contributed by atoms with van der Waals surface area (Å²) < 4.78 is 7.43. The van der Waals surface area contributed by atoms with E-state index in [1.54, 1.807) is 25.3 Å². The molecule has 0 saturated carbocycles. The molecule has 0 saturated heterocycles. The molecule has 0 atom stereocenters. The van der Waals surface area contributed by atoms with E-state index in [1.165, 1.54) is 0 Å². The van der Waals surface area contributed by atoms with Crippen LogP contribution in [0.1, 0.15) is 25.3 Å². The minimum Gasteiger partial charge on any atom is -0.497 e. The summed E-state index contributed by atoms with van der Waals surface area (Å²) in [4.78, 5) is 16.6. The van der Waals surface area contributed by atoms with E-state index in [4.69, 9.17) is 9.84 Å². The number of aromatic nitrogens is 2. The normalized spacial score (nSPS) is 12.2. The Kier molecular flexibility index (Phi) is 5.86. The summed E-state index contributed by atoms with van der Waals surface area (Å²) in [5.74, 6) is -0.0475. The number of ether oxygens (including phenoxy) is 1. The third-order valence-corrected chi connectivity index (χ3v) is 5.55. The van der Waals surface area contributed by atoms with Crippen LogP contribution in [-0.4, -0.2) is 27.1 Å². The van der Waals surface area contributed by atoms with Crippen molar-refractivity contribution in [3.8, 4) is 5.75 Å². The molecule has 0 amide bonds. The highest BCUT2D eigenvalue weighted by Crippen LogP contribution is 2.33. The van der Waals surface area contributed by atoms with Crippen LogP contribution in [0, 0.1) is 0 Å². The number of aryl methyl sites for hydroxylation is 1. The number of carbonyl (C=O) groups is 1. The predicted octanol–water partition coefficient (Wildman–Crippen LogP) is 3.19. The zero-order chi connectivity index (χ0) is 19.4. The highest BCUT2D eigenvalue weighted by Gasteiger charge is 2.13. The Morgan fingerprint density at radius 2 is 2.19 bits per heavy atom. The first-order valence-corrected chi connectivity index (χ1v) is 9.52. The number of pyridine rings is 1. The number of aliphatic carboxylic acids is 1. The average molecular weight is 382 g/mol. The number of benzene rings is 1. The third kappa shape index (κ3) is 4.17. The third-order valence-electron chi connectivity index (χ3n) is 4.35. The van der Waals surface area contributed by atoms with Crippen LogP contribution in [0.5, 0.6) is 5.75 Å². The molecule has 2 heterocycles. The number of carboxylic acid groups (broad SMARTS) is 1. The van der Waals surface area contributed by atoms with Crippen molar-refractivity contribution in [2.45, 2.75) is 26.2 Å². The average Bonchev–Trinajstić information content (AvgIpc) is 3.01. The van der Waals surface area contributed by atoms with Gasteiger partial charge in [-0.1, -0.05) is 19.6 Å². The van der Waals surface area contributed by atoms with Gasteiger partial charge in [-0.05, 0) is 59.8 Å². The fourth-order valence-corrected chi connectivity index (χ4v) is 4.05. The molecule has 0 aliphatic heterocycles. The number of methoxy groups -OCH3 is 1. The number of hydrogen-bond donors (Lipinski definition) is 1. The van der Waals surface area contributed by atoms with Crippen molar-refractivity contribution in [1.29, 1.82) is 0 Å². The molecule has 0 radical (unpaired) electrons. The summed E-state index contributed by atoms with van der Waals surface area (Å²) >= 11 is 1.60. The second-order valence-corrected chi connectivity index (χ2v) is 7.20. The van der Waals surface area contributed by atoms with Crippen molar-refractivity contribution in [1.82, 2.24) is 8.96 Å². The van der Waals surface area contributed by atoms with Gasteiger partial charge in [-0.2, -0.15) is 0 Å². The van der Waals surface area contributed by atoms with E-state index in [0.717, 1.165) is 44.1 Å². The fraction of sp³-hybridized carbons (Fsp3) is 0.238. The van der Waals surface area contributed by atoms with Crippen LogP contribution >= 0.6 is 11.9 Å². The lowest BCUT2D eigenvalue weighted by Gasteiger charge is -2.07. The molecule has 140 valence electrons. The second-order valence-electron chi connectivity index (χ2n) is 6.14. The first kappa shape index (κ1) is 19.0. The van der Waals surface area contributed by atoms with Gasteiger partial charge >= 0.3 is 5.97 Å². The Morgan fingerprint density at radius 3 is 2.85 bits per heavy atom. The molecule has 0 spiro atoms. The van der Waals surface area contributed by atoms with Gasteiger partial charge in [0.05, 0.1) is 18.0 Å². The summed E-state index contributed by atoms with van der Waals surface area (Å²) in [6, 6.07) is 9.71. The van der Waals surface area contributed by atoms with E-state index in [2.05, 4.69) is 22.5 Å². The summed E-state index contributed by atoms with van der Waals surface area (Å²) in [7, 11) is 1.63. The van der Waals surface area contributed by atoms with Crippen LogP contribution in [0.4, 0.5) is 0 Å². The van der Waals surface area contributed by atoms with Crippen LogP contribution in [0.25, 0.3) is 22.4 Å². The Bertz CT molecular complexity index is 1090. The van der Waals surface area contributed by atoms with Crippen LogP contribution in [0.2, 0.25) is 0 Å². The lowest BCUT2D eigenvalue weighted by Crippen LogP contribution is -2.28. The highest BCUT2D eigenvalue weighted by atomic mass is 32.2. The maximum atomic E-state index is 11.0. The van der Waals surface area contributed by atoms with E-state index in [9.17, 15) is 4.79 Å². The van der Waals surface area contributed by atoms with Gasteiger partial charge < -0.3 is 9.84 Å². The number of rotatable bonds is 7. The molecule has 2 aromatic heterocycles. The smallest absolute Gasteiger partial charge is 0.303 e. The van der Waals surface area contributed by atoms with Crippen LogP contribution in [0.3, 0.4) is 0 Å². The van der Waals surface area contributed by atoms with Gasteiger partial charge in [0.25, 0.3) is 0 Å². The zero-order valence-electron chi connectivity index (χ0n) is 15.4. The van der Waals surface area contributed by atoms with E-state index < -0.39 is 5.97 Å². The van der Waals surface area contributed by atoms with Crippen molar-refractivity contribution in [2.24, 2.45) is 0 Å². The summed E-state index contributed by atoms with van der Waals surface area (Å²) in [6.07, 6.45) is 5.17. The fourth-order valence-electron chi connectivity index (χ4n) is 2.97. The summed E-state index contributed by atoms with van der Waals surface area (Å²) in [6.45, 7) is 6.18. The van der Waals surface area contributed by atoms with Gasteiger partial charge in [-0.15, -0.1) is 0 Å². The SMILES string of the molecule is C=c1cccn/c1=C(/CC)Sn1cc(CCC(=O)O)c2cc(OC)ccc21. The maximum Gasteiger partial charge on any atom is 0.303 e. The highest BCUT2D eigenvalue weighted by molar-refractivity contribution is 8.06. The van der Waals surface area contributed by atoms with Gasteiger partial charge in [0.15, 0.2) is 0 Å². The molecule has 0 aliphatic carbocycles. The topological polar surface area (TPSA) is 64.4 Å². The molecule has 6 heteroatoms. The summed E-state index contributed by atoms with van der Waals surface area (Å²) in [5, 5.41) is 11.9. The molecular weight excluding hydrogens is 360 g/mol. The van der Waals surface area contributed by atoms with Crippen molar-refractivity contribution < 1.29 is 14.6 Å². The first-order valence-electron chi connectivity index (χ1n) is 8.74. The van der Waals surface area contributed by atoms with Crippen LogP contribution in [-0.2, 0) is 11.2 Å². The number of carboxylic acids is 1. The van der Waals surface area contributed by atoms with E-state index in [-0.39, 0.29) is 6.42 Å². The number of fused-ring (bicyclic) bond motifs is 1. The molecule has 0 fully saturated rings. The molecule has 3 aromatic rings. The lowest BCUT2D eigenvalue weighted by atomic mass is 10.1. The summed E-state index contributed by atoms with van der Waals surface area (Å²) in [5.41, 5.74) is 2.01. The van der Waals surface area contributed by atoms with Crippen molar-refractivity contribution in [3.05, 3.63) is 58.9 Å². The molecule has 0 unspecified atom stereocenters. The second kappa shape index (κ2) is 8.31. The quantitative estimate of drug-likeness (QED) is 0.680.